The predicted octanol–water partition coefficient (Wildman–Crippen LogP) is 2.60. The molecule has 2 heterocycles. The molecule has 1 saturated heterocycles. The van der Waals surface area contributed by atoms with E-state index in [-0.39, 0.29) is 5.41 Å². The van der Waals surface area contributed by atoms with Crippen molar-refractivity contribution < 1.29 is 4.79 Å². The Hall–Kier alpha value is -1.52. The van der Waals surface area contributed by atoms with Crippen molar-refractivity contribution in [2.24, 2.45) is 5.41 Å². The van der Waals surface area contributed by atoms with Crippen LogP contribution in [0.3, 0.4) is 0 Å². The lowest BCUT2D eigenvalue weighted by molar-refractivity contribution is -0.143. The molecule has 3 rings (SSSR count). The van der Waals surface area contributed by atoms with Crippen LogP contribution in [0.5, 0.6) is 0 Å². The van der Waals surface area contributed by atoms with Crippen LogP contribution in [0, 0.1) is 5.41 Å². The molecule has 1 aliphatic carbocycles. The quantitative estimate of drug-likeness (QED) is 0.930. The zero-order valence-corrected chi connectivity index (χ0v) is 12.9. The van der Waals surface area contributed by atoms with Crippen LogP contribution in [0.25, 0.3) is 0 Å². The molecule has 2 N–H and O–H groups in total. The van der Waals surface area contributed by atoms with Gasteiger partial charge in [0.15, 0.2) is 0 Å². The number of aromatic nitrogens is 2. The number of amides is 1. The number of hydrogen-bond acceptors (Lipinski definition) is 3. The van der Waals surface area contributed by atoms with Crippen molar-refractivity contribution in [3.63, 3.8) is 0 Å². The van der Waals surface area contributed by atoms with E-state index in [0.29, 0.717) is 17.8 Å². The SMILES string of the molecule is CCC1(C(=O)N2CCC(n3ccc(N)n3)CC2)CCCC1. The third kappa shape index (κ3) is 2.65. The molecular weight excluding hydrogens is 264 g/mol. The average molecular weight is 290 g/mol. The number of anilines is 1. The lowest BCUT2D eigenvalue weighted by Crippen LogP contribution is -2.46. The molecule has 5 heteroatoms. The highest BCUT2D eigenvalue weighted by Crippen LogP contribution is 2.43. The highest BCUT2D eigenvalue weighted by Gasteiger charge is 2.42. The number of nitrogens with two attached hydrogens (primary N) is 1. The number of carbonyl (C=O) groups excluding carboxylic acids is 1. The first-order valence-electron chi connectivity index (χ1n) is 8.25. The summed E-state index contributed by atoms with van der Waals surface area (Å²) in [6.07, 6.45) is 9.48. The van der Waals surface area contributed by atoms with E-state index in [1.807, 2.05) is 16.9 Å². The van der Waals surface area contributed by atoms with Crippen LogP contribution in [0.2, 0.25) is 0 Å². The number of likely N-dealkylation sites (tertiary alicyclic amines) is 1. The van der Waals surface area contributed by atoms with E-state index in [4.69, 9.17) is 5.73 Å². The molecule has 0 spiro atoms. The molecule has 0 aromatic carbocycles. The van der Waals surface area contributed by atoms with Crippen LogP contribution in [0.15, 0.2) is 12.3 Å². The number of hydrogen-bond donors (Lipinski definition) is 1. The second-order valence-corrected chi connectivity index (χ2v) is 6.58. The van der Waals surface area contributed by atoms with Gasteiger partial charge in [-0.25, -0.2) is 0 Å². The van der Waals surface area contributed by atoms with E-state index in [9.17, 15) is 4.79 Å². The molecule has 116 valence electrons. The zero-order chi connectivity index (χ0) is 14.9. The van der Waals surface area contributed by atoms with Crippen molar-refractivity contribution in [1.82, 2.24) is 14.7 Å². The fourth-order valence-electron chi connectivity index (χ4n) is 4.00. The van der Waals surface area contributed by atoms with Crippen LogP contribution in [0.1, 0.15) is 57.9 Å². The van der Waals surface area contributed by atoms with Gasteiger partial charge in [-0.1, -0.05) is 19.8 Å². The van der Waals surface area contributed by atoms with E-state index >= 15 is 0 Å². The van der Waals surface area contributed by atoms with E-state index in [0.717, 1.165) is 45.2 Å². The third-order valence-corrected chi connectivity index (χ3v) is 5.45. The van der Waals surface area contributed by atoms with Gasteiger partial charge < -0.3 is 10.6 Å². The standard InChI is InChI=1S/C16H26N4O/c1-2-16(8-3-4-9-16)15(21)19-10-5-13(6-11-19)20-12-7-14(17)18-20/h7,12-13H,2-6,8-11H2,1H3,(H2,17,18). The maximum atomic E-state index is 12.9. The Balaban J connectivity index is 1.61. The third-order valence-electron chi connectivity index (χ3n) is 5.45. The Morgan fingerprint density at radius 1 is 1.38 bits per heavy atom. The fourth-order valence-corrected chi connectivity index (χ4v) is 4.00. The molecule has 1 amide bonds. The Labute approximate surface area is 126 Å². The maximum absolute atomic E-state index is 12.9. The number of rotatable bonds is 3. The lowest BCUT2D eigenvalue weighted by atomic mass is 9.81. The molecule has 1 aromatic rings. The van der Waals surface area contributed by atoms with Gasteiger partial charge in [0.2, 0.25) is 5.91 Å². The minimum atomic E-state index is -0.0526. The molecule has 0 atom stereocenters. The van der Waals surface area contributed by atoms with Crippen LogP contribution >= 0.6 is 0 Å². The van der Waals surface area contributed by atoms with Gasteiger partial charge in [0, 0.05) is 24.7 Å². The number of piperidine rings is 1. The highest BCUT2D eigenvalue weighted by atomic mass is 16.2. The fraction of sp³-hybridized carbons (Fsp3) is 0.750. The summed E-state index contributed by atoms with van der Waals surface area (Å²) >= 11 is 0. The van der Waals surface area contributed by atoms with Gasteiger partial charge in [0.1, 0.15) is 5.82 Å². The topological polar surface area (TPSA) is 64.2 Å². The van der Waals surface area contributed by atoms with Gasteiger partial charge in [-0.3, -0.25) is 9.48 Å². The van der Waals surface area contributed by atoms with Crippen molar-refractivity contribution in [1.29, 1.82) is 0 Å². The zero-order valence-electron chi connectivity index (χ0n) is 12.9. The van der Waals surface area contributed by atoms with Gasteiger partial charge in [0.25, 0.3) is 0 Å². The minimum absolute atomic E-state index is 0.0526. The van der Waals surface area contributed by atoms with Gasteiger partial charge in [0.05, 0.1) is 6.04 Å². The van der Waals surface area contributed by atoms with E-state index in [1.165, 1.54) is 12.8 Å². The van der Waals surface area contributed by atoms with Crippen LogP contribution in [-0.4, -0.2) is 33.7 Å². The Morgan fingerprint density at radius 2 is 2.05 bits per heavy atom. The second-order valence-electron chi connectivity index (χ2n) is 6.58. The molecular formula is C16H26N4O. The smallest absolute Gasteiger partial charge is 0.228 e. The summed E-state index contributed by atoms with van der Waals surface area (Å²) in [6, 6.07) is 2.22. The molecule has 0 bridgehead atoms. The lowest BCUT2D eigenvalue weighted by Gasteiger charge is -2.38. The summed E-state index contributed by atoms with van der Waals surface area (Å²) in [4.78, 5) is 15.0. The van der Waals surface area contributed by atoms with Crippen molar-refractivity contribution in [3.05, 3.63) is 12.3 Å². The van der Waals surface area contributed by atoms with Gasteiger partial charge >= 0.3 is 0 Å². The molecule has 1 aliphatic heterocycles. The summed E-state index contributed by atoms with van der Waals surface area (Å²) in [5.41, 5.74) is 5.63. The molecule has 0 unspecified atom stereocenters. The van der Waals surface area contributed by atoms with Crippen molar-refractivity contribution >= 4 is 11.7 Å². The molecule has 0 radical (unpaired) electrons. The highest BCUT2D eigenvalue weighted by molar-refractivity contribution is 5.83. The van der Waals surface area contributed by atoms with Crippen molar-refractivity contribution in [2.45, 2.75) is 57.9 Å². The molecule has 2 aliphatic rings. The van der Waals surface area contributed by atoms with E-state index in [1.54, 1.807) is 0 Å². The average Bonchev–Trinajstić information content (AvgIpc) is 3.16. The van der Waals surface area contributed by atoms with Crippen molar-refractivity contribution in [3.8, 4) is 0 Å². The molecule has 2 fully saturated rings. The number of carbonyl (C=O) groups is 1. The van der Waals surface area contributed by atoms with Crippen molar-refractivity contribution in [2.75, 3.05) is 18.8 Å². The maximum Gasteiger partial charge on any atom is 0.228 e. The summed E-state index contributed by atoms with van der Waals surface area (Å²) in [6.45, 7) is 3.87. The van der Waals surface area contributed by atoms with E-state index < -0.39 is 0 Å². The minimum Gasteiger partial charge on any atom is -0.382 e. The molecule has 5 nitrogen and oxygen atoms in total. The molecule has 1 saturated carbocycles. The first-order valence-corrected chi connectivity index (χ1v) is 8.25. The predicted molar refractivity (Wildman–Crippen MR) is 82.7 cm³/mol. The second kappa shape index (κ2) is 5.70. The van der Waals surface area contributed by atoms with Crippen LogP contribution < -0.4 is 5.73 Å². The summed E-state index contributed by atoms with van der Waals surface area (Å²) in [5.74, 6) is 0.977. The monoisotopic (exact) mass is 290 g/mol. The molecule has 21 heavy (non-hydrogen) atoms. The Bertz CT molecular complexity index is 496. The largest absolute Gasteiger partial charge is 0.382 e. The van der Waals surface area contributed by atoms with Crippen LogP contribution in [0.4, 0.5) is 5.82 Å². The van der Waals surface area contributed by atoms with Gasteiger partial charge in [-0.15, -0.1) is 0 Å². The normalized spacial score (nSPS) is 22.6. The van der Waals surface area contributed by atoms with Gasteiger partial charge in [-0.2, -0.15) is 5.10 Å². The summed E-state index contributed by atoms with van der Waals surface area (Å²) in [7, 11) is 0. The summed E-state index contributed by atoms with van der Waals surface area (Å²) in [5, 5.41) is 4.30. The first-order chi connectivity index (χ1) is 10.1. The van der Waals surface area contributed by atoms with Gasteiger partial charge in [-0.05, 0) is 38.2 Å². The Morgan fingerprint density at radius 3 is 2.57 bits per heavy atom. The first kappa shape index (κ1) is 14.4. The van der Waals surface area contributed by atoms with E-state index in [2.05, 4.69) is 16.9 Å². The Kier molecular flexibility index (Phi) is 3.91. The van der Waals surface area contributed by atoms with Crippen LogP contribution in [-0.2, 0) is 4.79 Å². The molecule has 1 aromatic heterocycles. The number of nitrogens with zero attached hydrogens (tertiary/aromatic N) is 3. The number of nitrogen functional groups attached to an aromatic ring is 1. The summed E-state index contributed by atoms with van der Waals surface area (Å²) < 4.78 is 1.96.